The lowest BCUT2D eigenvalue weighted by Gasteiger charge is -1.99. The largest absolute Gasteiger partial charge is 0.264 e. The van der Waals surface area contributed by atoms with Crippen LogP contribution in [0.4, 0.5) is 0 Å². The fourth-order valence-electron chi connectivity index (χ4n) is 1.16. The summed E-state index contributed by atoms with van der Waals surface area (Å²) in [6.07, 6.45) is 3.62. The molecule has 0 aliphatic heterocycles. The second-order valence-corrected chi connectivity index (χ2v) is 4.10. The van der Waals surface area contributed by atoms with Gasteiger partial charge in [0.2, 0.25) is 0 Å². The first-order valence-electron chi connectivity index (χ1n) is 4.17. The molecular weight excluding hydrogens is 289 g/mol. The number of rotatable bonds is 1. The van der Waals surface area contributed by atoms with E-state index in [1.807, 2.05) is 31.3 Å². The summed E-state index contributed by atoms with van der Waals surface area (Å²) < 4.78 is 0.895. The van der Waals surface area contributed by atoms with Crippen molar-refractivity contribution in [1.82, 2.24) is 15.2 Å². The number of hydrogen-bond acceptors (Lipinski definition) is 3. The topological polar surface area (TPSA) is 38.7 Å². The Bertz CT molecular complexity index is 439. The molecule has 0 aliphatic rings. The van der Waals surface area contributed by atoms with E-state index in [-0.39, 0.29) is 0 Å². The number of nitrogens with zero attached hydrogens (tertiary/aromatic N) is 3. The highest BCUT2D eigenvalue weighted by Gasteiger charge is 2.00. The van der Waals surface area contributed by atoms with Gasteiger partial charge in [0.15, 0.2) is 0 Å². The van der Waals surface area contributed by atoms with Gasteiger partial charge in [0, 0.05) is 18.0 Å². The normalized spacial score (nSPS) is 10.1. The van der Waals surface area contributed by atoms with Gasteiger partial charge in [-0.25, -0.2) is 0 Å². The molecule has 0 N–H and O–H groups in total. The molecule has 2 aromatic heterocycles. The molecule has 4 heteroatoms. The first kappa shape index (κ1) is 9.51. The summed E-state index contributed by atoms with van der Waals surface area (Å²) in [6, 6.07) is 5.93. The molecule has 2 rings (SSSR count). The lowest BCUT2D eigenvalue weighted by atomic mass is 10.1. The van der Waals surface area contributed by atoms with Gasteiger partial charge < -0.3 is 0 Å². The maximum Gasteiger partial charge on any atom is 0.124 e. The quantitative estimate of drug-likeness (QED) is 0.759. The predicted molar refractivity (Wildman–Crippen MR) is 62.7 cm³/mol. The minimum atomic E-state index is 0.863. The highest BCUT2D eigenvalue weighted by atomic mass is 127. The van der Waals surface area contributed by atoms with Crippen molar-refractivity contribution in [1.29, 1.82) is 0 Å². The number of halogens is 1. The van der Waals surface area contributed by atoms with Crippen molar-refractivity contribution in [2.75, 3.05) is 0 Å². The molecule has 0 fully saturated rings. The molecule has 0 amide bonds. The molecule has 0 aromatic carbocycles. The van der Waals surface area contributed by atoms with Crippen LogP contribution in [-0.4, -0.2) is 15.2 Å². The molecular formula is C10H8IN3. The van der Waals surface area contributed by atoms with E-state index in [1.165, 1.54) is 0 Å². The van der Waals surface area contributed by atoms with Crippen LogP contribution < -0.4 is 0 Å². The van der Waals surface area contributed by atoms with Gasteiger partial charge in [-0.2, -0.15) is 0 Å². The van der Waals surface area contributed by atoms with Gasteiger partial charge in [-0.05, 0) is 53.3 Å². The fourth-order valence-corrected chi connectivity index (χ4v) is 1.45. The van der Waals surface area contributed by atoms with Crippen LogP contribution in [0.2, 0.25) is 0 Å². The third-order valence-corrected chi connectivity index (χ3v) is 2.38. The zero-order valence-corrected chi connectivity index (χ0v) is 9.76. The average Bonchev–Trinajstić information content (AvgIpc) is 2.19. The number of aryl methyl sites for hydroxylation is 1. The Kier molecular flexibility index (Phi) is 2.72. The van der Waals surface area contributed by atoms with Crippen molar-refractivity contribution in [3.63, 3.8) is 0 Å². The summed E-state index contributed by atoms with van der Waals surface area (Å²) in [5, 5.41) is 8.09. The van der Waals surface area contributed by atoms with E-state index in [2.05, 4.69) is 37.8 Å². The maximum atomic E-state index is 4.11. The van der Waals surface area contributed by atoms with Gasteiger partial charge in [-0.3, -0.25) is 4.98 Å². The van der Waals surface area contributed by atoms with Crippen molar-refractivity contribution < 1.29 is 0 Å². The second-order valence-electron chi connectivity index (χ2n) is 2.99. The molecule has 2 heterocycles. The Morgan fingerprint density at radius 1 is 1.14 bits per heavy atom. The summed E-state index contributed by atoms with van der Waals surface area (Å²) in [5.74, 6) is 0. The molecule has 0 atom stereocenters. The van der Waals surface area contributed by atoms with Crippen LogP contribution in [0.5, 0.6) is 0 Å². The lowest BCUT2D eigenvalue weighted by Crippen LogP contribution is -1.90. The molecule has 0 spiro atoms. The summed E-state index contributed by atoms with van der Waals surface area (Å²) in [7, 11) is 0. The fraction of sp³-hybridized carbons (Fsp3) is 0.100. The third-order valence-electron chi connectivity index (χ3n) is 1.80. The molecule has 0 unspecified atom stereocenters. The van der Waals surface area contributed by atoms with Crippen LogP contribution in [0, 0.1) is 10.6 Å². The van der Waals surface area contributed by atoms with Crippen molar-refractivity contribution in [2.45, 2.75) is 6.92 Å². The van der Waals surface area contributed by atoms with E-state index in [9.17, 15) is 0 Å². The first-order valence-corrected chi connectivity index (χ1v) is 5.25. The first-order chi connectivity index (χ1) is 6.75. The molecule has 3 nitrogen and oxygen atoms in total. The van der Waals surface area contributed by atoms with Gasteiger partial charge in [-0.1, -0.05) is 0 Å². The summed E-state index contributed by atoms with van der Waals surface area (Å²) >= 11 is 2.13. The van der Waals surface area contributed by atoms with Crippen LogP contribution in [0.25, 0.3) is 11.3 Å². The lowest BCUT2D eigenvalue weighted by molar-refractivity contribution is 1.01. The van der Waals surface area contributed by atoms with Gasteiger partial charge in [-0.15, -0.1) is 10.2 Å². The van der Waals surface area contributed by atoms with E-state index < -0.39 is 0 Å². The summed E-state index contributed by atoms with van der Waals surface area (Å²) in [4.78, 5) is 4.11. The van der Waals surface area contributed by atoms with Gasteiger partial charge in [0.05, 0.1) is 5.69 Å². The molecule has 0 saturated heterocycles. The number of hydrogen-bond donors (Lipinski definition) is 0. The minimum Gasteiger partial charge on any atom is -0.264 e. The van der Waals surface area contributed by atoms with E-state index in [0.29, 0.717) is 0 Å². The van der Waals surface area contributed by atoms with Crippen LogP contribution >= 0.6 is 22.6 Å². The second kappa shape index (κ2) is 4.00. The zero-order chi connectivity index (χ0) is 9.97. The SMILES string of the molecule is Cc1cncc(-c2ccc(I)nn2)c1. The van der Waals surface area contributed by atoms with Crippen molar-refractivity contribution in [2.24, 2.45) is 0 Å². The molecule has 0 bridgehead atoms. The summed E-state index contributed by atoms with van der Waals surface area (Å²) in [6.45, 7) is 2.01. The molecule has 2 aromatic rings. The maximum absolute atomic E-state index is 4.11. The predicted octanol–water partition coefficient (Wildman–Crippen LogP) is 2.45. The van der Waals surface area contributed by atoms with Gasteiger partial charge >= 0.3 is 0 Å². The summed E-state index contributed by atoms with van der Waals surface area (Å²) in [5.41, 5.74) is 3.00. The average molecular weight is 297 g/mol. The van der Waals surface area contributed by atoms with Gasteiger partial charge in [0.25, 0.3) is 0 Å². The third kappa shape index (κ3) is 2.06. The molecule has 0 saturated carbocycles. The van der Waals surface area contributed by atoms with Crippen molar-refractivity contribution >= 4 is 22.6 Å². The highest BCUT2D eigenvalue weighted by molar-refractivity contribution is 14.1. The Morgan fingerprint density at radius 3 is 2.64 bits per heavy atom. The smallest absolute Gasteiger partial charge is 0.124 e. The molecule has 0 aliphatic carbocycles. The van der Waals surface area contributed by atoms with E-state index in [0.717, 1.165) is 20.5 Å². The van der Waals surface area contributed by atoms with Crippen LogP contribution in [0.3, 0.4) is 0 Å². The molecule has 14 heavy (non-hydrogen) atoms. The van der Waals surface area contributed by atoms with E-state index >= 15 is 0 Å². The van der Waals surface area contributed by atoms with E-state index in [1.54, 1.807) is 6.20 Å². The monoisotopic (exact) mass is 297 g/mol. The Hall–Kier alpha value is -1.04. The van der Waals surface area contributed by atoms with Crippen molar-refractivity contribution in [3.05, 3.63) is 39.9 Å². The molecule has 0 radical (unpaired) electrons. The van der Waals surface area contributed by atoms with Crippen LogP contribution in [0.1, 0.15) is 5.56 Å². The Labute approximate surface area is 95.7 Å². The van der Waals surface area contributed by atoms with E-state index in [4.69, 9.17) is 0 Å². The Morgan fingerprint density at radius 2 is 2.00 bits per heavy atom. The highest BCUT2D eigenvalue weighted by Crippen LogP contribution is 2.15. The van der Waals surface area contributed by atoms with Gasteiger partial charge in [0.1, 0.15) is 3.70 Å². The zero-order valence-electron chi connectivity index (χ0n) is 7.61. The van der Waals surface area contributed by atoms with Crippen LogP contribution in [0.15, 0.2) is 30.6 Å². The molecule has 70 valence electrons. The number of aromatic nitrogens is 3. The minimum absolute atomic E-state index is 0.863. The van der Waals surface area contributed by atoms with Crippen molar-refractivity contribution in [3.8, 4) is 11.3 Å². The van der Waals surface area contributed by atoms with Crippen LogP contribution in [-0.2, 0) is 0 Å². The standard InChI is InChI=1S/C10H8IN3/c1-7-4-8(6-12-5-7)9-2-3-10(11)14-13-9/h2-6H,1H3. The Balaban J connectivity index is 2.44. The number of pyridine rings is 1.